The number of benzene rings is 1. The zero-order valence-corrected chi connectivity index (χ0v) is 18.4. The van der Waals surface area contributed by atoms with Crippen LogP contribution in [0.1, 0.15) is 51.0 Å². The number of epoxide rings is 1. The Labute approximate surface area is 183 Å². The molecule has 1 aromatic rings. The van der Waals surface area contributed by atoms with E-state index in [2.05, 4.69) is 13.0 Å². The van der Waals surface area contributed by atoms with E-state index < -0.39 is 0 Å². The fourth-order valence-corrected chi connectivity index (χ4v) is 7.40. The van der Waals surface area contributed by atoms with Gasteiger partial charge in [0.25, 0.3) is 0 Å². The van der Waals surface area contributed by atoms with Gasteiger partial charge in [-0.3, -0.25) is 4.79 Å². The normalized spacial score (nSPS) is 43.7. The number of quaternary nitrogens is 1. The van der Waals surface area contributed by atoms with Gasteiger partial charge >= 0.3 is 5.97 Å². The van der Waals surface area contributed by atoms with Gasteiger partial charge < -0.3 is 14.4 Å². The van der Waals surface area contributed by atoms with Gasteiger partial charge in [-0.2, -0.15) is 0 Å². The summed E-state index contributed by atoms with van der Waals surface area (Å²) in [5.41, 5.74) is 2.77. The third kappa shape index (κ3) is 3.36. The lowest BCUT2D eigenvalue weighted by molar-refractivity contribution is -0.897. The zero-order chi connectivity index (χ0) is 21.2. The molecule has 0 aromatic heterocycles. The first-order valence-corrected chi connectivity index (χ1v) is 12.1. The van der Waals surface area contributed by atoms with E-state index in [0.29, 0.717) is 11.8 Å². The number of nitrogens with one attached hydrogen (secondary N) is 1. The number of fused-ring (bicyclic) bond motifs is 3. The second-order valence-electron chi connectivity index (χ2n) is 11.0. The zero-order valence-electron chi connectivity index (χ0n) is 18.4. The Morgan fingerprint density at radius 3 is 2.74 bits per heavy atom. The van der Waals surface area contributed by atoms with Gasteiger partial charge in [0, 0.05) is 12.3 Å². The standard InChI is InChI=1S/C26H32FNO3/c1-25-9-2-10-26(16-30-26)23(25)13-20-21(24(29)31-22(20)14-25)15-28-11-7-18(8-12-28)17-3-5-19(27)6-4-17/h3-7,20-23H,2,8-16H2,1H3/p+1/t20-,21-,22-,23-,25-,26+/m1/s1. The Kier molecular flexibility index (Phi) is 4.59. The van der Waals surface area contributed by atoms with E-state index in [1.54, 1.807) is 0 Å². The van der Waals surface area contributed by atoms with Gasteiger partial charge in [0.15, 0.2) is 0 Å². The lowest BCUT2D eigenvalue weighted by Crippen LogP contribution is -3.13. The molecule has 31 heavy (non-hydrogen) atoms. The fourth-order valence-electron chi connectivity index (χ4n) is 7.40. The Morgan fingerprint density at radius 1 is 1.23 bits per heavy atom. The molecule has 0 radical (unpaired) electrons. The molecule has 1 aromatic carbocycles. The fraction of sp³-hybridized carbons (Fsp3) is 0.654. The first kappa shape index (κ1) is 19.9. The van der Waals surface area contributed by atoms with E-state index in [1.165, 1.54) is 41.9 Å². The summed E-state index contributed by atoms with van der Waals surface area (Å²) in [4.78, 5) is 14.4. The Morgan fingerprint density at radius 2 is 2.03 bits per heavy atom. The molecule has 1 spiro atoms. The predicted octanol–water partition coefficient (Wildman–Crippen LogP) is 3.02. The molecule has 5 heteroatoms. The Balaban J connectivity index is 1.15. The third-order valence-electron chi connectivity index (χ3n) is 9.19. The predicted molar refractivity (Wildman–Crippen MR) is 115 cm³/mol. The van der Waals surface area contributed by atoms with E-state index in [9.17, 15) is 9.18 Å². The van der Waals surface area contributed by atoms with Crippen LogP contribution in [0, 0.1) is 29.0 Å². The van der Waals surface area contributed by atoms with E-state index in [0.717, 1.165) is 51.1 Å². The summed E-state index contributed by atoms with van der Waals surface area (Å²) in [5.74, 6) is 0.779. The molecule has 6 rings (SSSR count). The summed E-state index contributed by atoms with van der Waals surface area (Å²) < 4.78 is 25.2. The van der Waals surface area contributed by atoms with Gasteiger partial charge in [-0.1, -0.05) is 19.1 Å². The van der Waals surface area contributed by atoms with Gasteiger partial charge in [-0.15, -0.1) is 0 Å². The van der Waals surface area contributed by atoms with Crippen molar-refractivity contribution in [1.82, 2.24) is 0 Å². The van der Waals surface area contributed by atoms with Crippen molar-refractivity contribution in [2.45, 2.75) is 57.2 Å². The van der Waals surface area contributed by atoms with Crippen molar-refractivity contribution in [2.75, 3.05) is 26.2 Å². The summed E-state index contributed by atoms with van der Waals surface area (Å²) in [5, 5.41) is 0. The largest absolute Gasteiger partial charge is 0.462 e. The molecule has 0 bridgehead atoms. The number of carbonyl (C=O) groups is 1. The van der Waals surface area contributed by atoms with Gasteiger partial charge in [-0.25, -0.2) is 4.39 Å². The smallest absolute Gasteiger partial charge is 0.315 e. The molecule has 2 saturated carbocycles. The summed E-state index contributed by atoms with van der Waals surface area (Å²) in [6, 6.07) is 6.79. The van der Waals surface area contributed by atoms with Crippen LogP contribution in [0.3, 0.4) is 0 Å². The Hall–Kier alpha value is -1.72. The van der Waals surface area contributed by atoms with Crippen molar-refractivity contribution < 1.29 is 23.6 Å². The lowest BCUT2D eigenvalue weighted by atomic mass is 9.53. The number of carbonyl (C=O) groups excluding carboxylic acids is 1. The lowest BCUT2D eigenvalue weighted by Gasteiger charge is -2.51. The molecule has 4 nitrogen and oxygen atoms in total. The minimum Gasteiger partial charge on any atom is -0.462 e. The van der Waals surface area contributed by atoms with Gasteiger partial charge in [0.2, 0.25) is 0 Å². The van der Waals surface area contributed by atoms with E-state index in [1.807, 2.05) is 12.1 Å². The molecule has 0 amide bonds. The van der Waals surface area contributed by atoms with Crippen LogP contribution in [0.4, 0.5) is 4.39 Å². The van der Waals surface area contributed by atoms with E-state index in [4.69, 9.17) is 9.47 Å². The first-order valence-electron chi connectivity index (χ1n) is 12.1. The van der Waals surface area contributed by atoms with Crippen molar-refractivity contribution in [2.24, 2.45) is 23.2 Å². The molecule has 2 aliphatic carbocycles. The number of ether oxygens (including phenoxy) is 2. The second-order valence-corrected chi connectivity index (χ2v) is 11.0. The number of hydrogen-bond acceptors (Lipinski definition) is 3. The van der Waals surface area contributed by atoms with Crippen LogP contribution < -0.4 is 4.90 Å². The average Bonchev–Trinajstić information content (AvgIpc) is 3.46. The van der Waals surface area contributed by atoms with Crippen LogP contribution in [0.25, 0.3) is 5.57 Å². The topological polar surface area (TPSA) is 43.3 Å². The molecule has 4 fully saturated rings. The van der Waals surface area contributed by atoms with Crippen LogP contribution in [0.2, 0.25) is 0 Å². The summed E-state index contributed by atoms with van der Waals surface area (Å²) in [6.07, 6.45) is 9.11. The van der Waals surface area contributed by atoms with Crippen molar-refractivity contribution >= 4 is 11.5 Å². The number of rotatable bonds is 3. The van der Waals surface area contributed by atoms with Gasteiger partial charge in [-0.05, 0) is 72.8 Å². The molecule has 3 aliphatic heterocycles. The maximum absolute atomic E-state index is 13.2. The van der Waals surface area contributed by atoms with Crippen LogP contribution >= 0.6 is 0 Å². The minimum atomic E-state index is -0.193. The third-order valence-corrected chi connectivity index (χ3v) is 9.19. The maximum Gasteiger partial charge on any atom is 0.315 e. The number of esters is 1. The second kappa shape index (κ2) is 7.14. The highest BCUT2D eigenvalue weighted by molar-refractivity contribution is 5.75. The van der Waals surface area contributed by atoms with Gasteiger partial charge in [0.1, 0.15) is 17.8 Å². The van der Waals surface area contributed by atoms with Crippen LogP contribution in [-0.4, -0.2) is 43.9 Å². The minimum absolute atomic E-state index is 0.0167. The average molecular weight is 427 g/mol. The number of halogens is 1. The summed E-state index contributed by atoms with van der Waals surface area (Å²) >= 11 is 0. The SMILES string of the molecule is C[C@]12CCC[C@]3(CO3)[C@@H]1C[C@H]1[C@@H](C2)OC(=O)[C@@H]1C[NH+]1CC=C(c2ccc(F)cc2)CC1. The highest BCUT2D eigenvalue weighted by atomic mass is 19.1. The molecule has 2 saturated heterocycles. The van der Waals surface area contributed by atoms with Crippen molar-refractivity contribution in [3.63, 3.8) is 0 Å². The van der Waals surface area contributed by atoms with Crippen molar-refractivity contribution in [1.29, 1.82) is 0 Å². The summed E-state index contributed by atoms with van der Waals surface area (Å²) in [7, 11) is 0. The quantitative estimate of drug-likeness (QED) is 0.597. The van der Waals surface area contributed by atoms with Crippen molar-refractivity contribution in [3.8, 4) is 0 Å². The molecule has 1 N–H and O–H groups in total. The molecule has 3 heterocycles. The van der Waals surface area contributed by atoms with Gasteiger partial charge in [0.05, 0.1) is 31.8 Å². The maximum atomic E-state index is 13.2. The highest BCUT2D eigenvalue weighted by Crippen LogP contribution is 2.62. The molecule has 5 aliphatic rings. The summed E-state index contributed by atoms with van der Waals surface area (Å²) in [6.45, 7) is 6.12. The van der Waals surface area contributed by atoms with Crippen LogP contribution in [0.15, 0.2) is 30.3 Å². The van der Waals surface area contributed by atoms with E-state index >= 15 is 0 Å². The highest BCUT2D eigenvalue weighted by Gasteiger charge is 2.65. The van der Waals surface area contributed by atoms with Crippen molar-refractivity contribution in [3.05, 3.63) is 41.7 Å². The van der Waals surface area contributed by atoms with Crippen LogP contribution in [-0.2, 0) is 14.3 Å². The molecule has 166 valence electrons. The molecule has 1 unspecified atom stereocenters. The monoisotopic (exact) mass is 426 g/mol. The van der Waals surface area contributed by atoms with E-state index in [-0.39, 0.29) is 34.8 Å². The number of hydrogen-bond donors (Lipinski definition) is 1. The molecular weight excluding hydrogens is 393 g/mol. The first-order chi connectivity index (χ1) is 15.0. The van der Waals surface area contributed by atoms with Crippen LogP contribution in [0.5, 0.6) is 0 Å². The molecule has 7 atom stereocenters. The Bertz CT molecular complexity index is 908. The molecular formula is C26H33FNO3+.